The van der Waals surface area contributed by atoms with Gasteiger partial charge < -0.3 is 8.37 Å². The lowest BCUT2D eigenvalue weighted by Crippen LogP contribution is -1.64. The van der Waals surface area contributed by atoms with Gasteiger partial charge in [0, 0.05) is 0 Å². The minimum absolute atomic E-state index is 0.717. The molecule has 0 aromatic carbocycles. The number of rotatable bonds is 4. The number of hydrogen-bond acceptors (Lipinski definition) is 5. The van der Waals surface area contributed by atoms with Crippen LogP contribution in [0.15, 0.2) is 0 Å². The Balaban J connectivity index is 3.58. The molecule has 0 amide bonds. The molecule has 0 aromatic rings. The Morgan fingerprint density at radius 2 is 1.67 bits per heavy atom. The minimum atomic E-state index is -2.83. The first-order chi connectivity index (χ1) is 4.12. The van der Waals surface area contributed by atoms with Crippen LogP contribution in [0.4, 0.5) is 0 Å². The van der Waals surface area contributed by atoms with E-state index in [0.717, 1.165) is 23.3 Å². The second kappa shape index (κ2) is 4.88. The molecule has 56 valence electrons. The Morgan fingerprint density at radius 1 is 1.33 bits per heavy atom. The van der Waals surface area contributed by atoms with Gasteiger partial charge in [-0.3, -0.25) is 4.57 Å². The third-order valence-electron chi connectivity index (χ3n) is 0.327. The van der Waals surface area contributed by atoms with E-state index in [2.05, 4.69) is 8.37 Å². The van der Waals surface area contributed by atoms with E-state index in [0.29, 0.717) is 0 Å². The fraction of sp³-hybridized carbons (Fsp3) is 1.00. The molecule has 0 aliphatic heterocycles. The molecule has 0 heterocycles. The molecule has 0 saturated carbocycles. The highest BCUT2D eigenvalue weighted by Gasteiger charge is 2.21. The SMILES string of the molecule is COSP(=O)(Cl)SOC. The van der Waals surface area contributed by atoms with E-state index in [9.17, 15) is 4.57 Å². The summed E-state index contributed by atoms with van der Waals surface area (Å²) in [6.07, 6.45) is 0. The summed E-state index contributed by atoms with van der Waals surface area (Å²) < 4.78 is 19.8. The van der Waals surface area contributed by atoms with Crippen molar-refractivity contribution in [3.05, 3.63) is 0 Å². The monoisotopic (exact) mass is 208 g/mol. The summed E-state index contributed by atoms with van der Waals surface area (Å²) in [5.74, 6) is 0. The number of hydrogen-bond donors (Lipinski definition) is 0. The van der Waals surface area contributed by atoms with Crippen LogP contribution in [0.2, 0.25) is 0 Å². The van der Waals surface area contributed by atoms with E-state index in [-0.39, 0.29) is 0 Å². The molecule has 0 spiro atoms. The standard InChI is InChI=1S/C2H6ClO3PS2/c1-5-8-7(3,4)9-6-2/h1-2H3. The second-order valence-corrected chi connectivity index (χ2v) is 10.0. The fourth-order valence-corrected chi connectivity index (χ4v) is 4.05. The van der Waals surface area contributed by atoms with Crippen molar-refractivity contribution in [1.29, 1.82) is 0 Å². The highest BCUT2D eigenvalue weighted by Crippen LogP contribution is 2.73. The molecule has 0 atom stereocenters. The molecular formula is C2H6ClO3PS2. The molecule has 0 fully saturated rings. The Kier molecular flexibility index (Phi) is 5.50. The third-order valence-corrected chi connectivity index (χ3v) is 5.05. The Hall–Kier alpha value is 1.14. The topological polar surface area (TPSA) is 35.5 Å². The summed E-state index contributed by atoms with van der Waals surface area (Å²) >= 11 is 6.80. The van der Waals surface area contributed by atoms with Crippen molar-refractivity contribution in [2.75, 3.05) is 14.2 Å². The van der Waals surface area contributed by atoms with Crippen LogP contribution in [-0.4, -0.2) is 14.2 Å². The van der Waals surface area contributed by atoms with Gasteiger partial charge >= 0.3 is 4.90 Å². The maximum atomic E-state index is 10.9. The Labute approximate surface area is 66.9 Å². The van der Waals surface area contributed by atoms with Gasteiger partial charge in [0.15, 0.2) is 0 Å². The normalized spacial score (nSPS) is 11.9. The molecule has 0 unspecified atom stereocenters. The molecule has 0 N–H and O–H groups in total. The number of halogens is 1. The first-order valence-corrected chi connectivity index (χ1v) is 7.17. The average molecular weight is 209 g/mol. The molecule has 0 bridgehead atoms. The van der Waals surface area contributed by atoms with E-state index in [1.165, 1.54) is 14.2 Å². The highest BCUT2D eigenvalue weighted by atomic mass is 35.7. The summed E-state index contributed by atoms with van der Waals surface area (Å²) in [5.41, 5.74) is 0. The maximum Gasteiger partial charge on any atom is 0.326 e. The third kappa shape index (κ3) is 5.58. The Bertz CT molecular complexity index is 110. The van der Waals surface area contributed by atoms with Gasteiger partial charge in [0.1, 0.15) is 0 Å². The van der Waals surface area contributed by atoms with Crippen molar-refractivity contribution in [1.82, 2.24) is 0 Å². The zero-order chi connectivity index (χ0) is 7.33. The van der Waals surface area contributed by atoms with Gasteiger partial charge in [-0.05, 0) is 11.2 Å². The summed E-state index contributed by atoms with van der Waals surface area (Å²) in [5, 5.41) is 0. The van der Waals surface area contributed by atoms with E-state index < -0.39 is 4.90 Å². The van der Waals surface area contributed by atoms with Crippen LogP contribution < -0.4 is 0 Å². The van der Waals surface area contributed by atoms with Crippen LogP contribution in [-0.2, 0) is 12.9 Å². The van der Waals surface area contributed by atoms with Crippen molar-refractivity contribution in [2.24, 2.45) is 0 Å². The predicted molar refractivity (Wildman–Crippen MR) is 42.7 cm³/mol. The van der Waals surface area contributed by atoms with Gasteiger partial charge in [-0.25, -0.2) is 0 Å². The summed E-state index contributed by atoms with van der Waals surface area (Å²) in [6.45, 7) is 0. The molecule has 3 nitrogen and oxygen atoms in total. The summed E-state index contributed by atoms with van der Waals surface area (Å²) in [6, 6.07) is 0. The molecule has 9 heavy (non-hydrogen) atoms. The van der Waals surface area contributed by atoms with Crippen molar-refractivity contribution in [2.45, 2.75) is 0 Å². The summed E-state index contributed by atoms with van der Waals surface area (Å²) in [7, 11) is 2.80. The molecular weight excluding hydrogens is 203 g/mol. The molecule has 0 radical (unpaired) electrons. The fourth-order valence-electron chi connectivity index (χ4n) is 0.190. The lowest BCUT2D eigenvalue weighted by Gasteiger charge is -2.02. The zero-order valence-corrected chi connectivity index (χ0v) is 8.15. The molecule has 0 rings (SSSR count). The first-order valence-electron chi connectivity index (χ1n) is 1.87. The second-order valence-electron chi connectivity index (χ2n) is 0.913. The van der Waals surface area contributed by atoms with E-state index >= 15 is 0 Å². The lowest BCUT2D eigenvalue weighted by atomic mass is 11.8. The maximum absolute atomic E-state index is 10.9. The van der Waals surface area contributed by atoms with E-state index in [1.807, 2.05) is 0 Å². The predicted octanol–water partition coefficient (Wildman–Crippen LogP) is 2.92. The largest absolute Gasteiger partial charge is 0.326 e. The lowest BCUT2D eigenvalue weighted by molar-refractivity contribution is 0.491. The van der Waals surface area contributed by atoms with Gasteiger partial charge in [-0.1, -0.05) is 0 Å². The van der Waals surface area contributed by atoms with Gasteiger partial charge in [0.25, 0.3) is 0 Å². The zero-order valence-electron chi connectivity index (χ0n) is 4.87. The van der Waals surface area contributed by atoms with E-state index in [1.54, 1.807) is 0 Å². The Morgan fingerprint density at radius 3 is 1.89 bits per heavy atom. The van der Waals surface area contributed by atoms with Crippen LogP contribution in [0.1, 0.15) is 0 Å². The molecule has 0 aliphatic carbocycles. The molecule has 0 aliphatic rings. The van der Waals surface area contributed by atoms with Crippen molar-refractivity contribution in [3.8, 4) is 0 Å². The molecule has 0 aromatic heterocycles. The van der Waals surface area contributed by atoms with Crippen LogP contribution in [0.3, 0.4) is 0 Å². The van der Waals surface area contributed by atoms with Crippen molar-refractivity contribution < 1.29 is 12.9 Å². The van der Waals surface area contributed by atoms with Gasteiger partial charge in [0.05, 0.1) is 37.5 Å². The first kappa shape index (κ1) is 10.1. The van der Waals surface area contributed by atoms with Crippen LogP contribution in [0.25, 0.3) is 0 Å². The summed E-state index contributed by atoms with van der Waals surface area (Å²) in [4.78, 5) is -2.83. The van der Waals surface area contributed by atoms with Crippen LogP contribution in [0, 0.1) is 0 Å². The van der Waals surface area contributed by atoms with Crippen LogP contribution in [0.5, 0.6) is 0 Å². The van der Waals surface area contributed by atoms with Gasteiger partial charge in [-0.15, -0.1) is 0 Å². The van der Waals surface area contributed by atoms with Gasteiger partial charge in [-0.2, -0.15) is 0 Å². The highest BCUT2D eigenvalue weighted by molar-refractivity contribution is 8.94. The van der Waals surface area contributed by atoms with Crippen molar-refractivity contribution in [3.63, 3.8) is 0 Å². The van der Waals surface area contributed by atoms with Crippen molar-refractivity contribution >= 4 is 39.5 Å². The van der Waals surface area contributed by atoms with Crippen LogP contribution >= 0.6 is 39.5 Å². The van der Waals surface area contributed by atoms with E-state index in [4.69, 9.17) is 11.2 Å². The van der Waals surface area contributed by atoms with Gasteiger partial charge in [0.2, 0.25) is 0 Å². The average Bonchev–Trinajstić information content (AvgIpc) is 1.64. The minimum Gasteiger partial charge on any atom is -0.310 e. The quantitative estimate of drug-likeness (QED) is 0.524. The smallest absolute Gasteiger partial charge is 0.310 e. The molecule has 7 heteroatoms. The molecule has 0 saturated heterocycles.